The Kier molecular flexibility index (Phi) is 7.22. The van der Waals surface area contributed by atoms with E-state index in [1.807, 2.05) is 24.3 Å². The first kappa shape index (κ1) is 18.4. The number of hydrogen-bond acceptors (Lipinski definition) is 2. The number of hydrazine groups is 1. The normalized spacial score (nSPS) is 10.3. The van der Waals surface area contributed by atoms with Crippen LogP contribution in [0.15, 0.2) is 42.5 Å². The van der Waals surface area contributed by atoms with Gasteiger partial charge >= 0.3 is 6.03 Å². The highest BCUT2D eigenvalue weighted by molar-refractivity contribution is 6.35. The lowest BCUT2D eigenvalue weighted by molar-refractivity contribution is 0.254. The van der Waals surface area contributed by atoms with Crippen molar-refractivity contribution in [3.8, 4) is 0 Å². The van der Waals surface area contributed by atoms with E-state index in [0.29, 0.717) is 15.7 Å². The van der Waals surface area contributed by atoms with Crippen LogP contribution in [0, 0.1) is 0 Å². The highest BCUT2D eigenvalue weighted by Crippen LogP contribution is 2.24. The quantitative estimate of drug-likeness (QED) is 0.424. The van der Waals surface area contributed by atoms with E-state index >= 15 is 0 Å². The van der Waals surface area contributed by atoms with Gasteiger partial charge in [0.15, 0.2) is 0 Å². The summed E-state index contributed by atoms with van der Waals surface area (Å²) >= 11 is 11.9. The number of unbranched alkanes of at least 4 members (excludes halogenated alkanes) is 2. The molecule has 2 aromatic carbocycles. The predicted molar refractivity (Wildman–Crippen MR) is 102 cm³/mol. The second kappa shape index (κ2) is 9.40. The van der Waals surface area contributed by atoms with Gasteiger partial charge in [0.2, 0.25) is 0 Å². The third kappa shape index (κ3) is 5.95. The Labute approximate surface area is 152 Å². The van der Waals surface area contributed by atoms with Gasteiger partial charge in [-0.15, -0.1) is 0 Å². The van der Waals surface area contributed by atoms with Gasteiger partial charge in [-0.25, -0.2) is 4.79 Å². The van der Waals surface area contributed by atoms with Crippen LogP contribution in [0.4, 0.5) is 16.2 Å². The number of carbonyl (C=O) groups is 1. The minimum atomic E-state index is -0.384. The monoisotopic (exact) mass is 365 g/mol. The number of carbonyl (C=O) groups excluding carboxylic acids is 1. The van der Waals surface area contributed by atoms with Gasteiger partial charge in [0, 0.05) is 10.7 Å². The van der Waals surface area contributed by atoms with Crippen molar-refractivity contribution >= 4 is 40.6 Å². The third-order valence-corrected chi connectivity index (χ3v) is 4.08. The van der Waals surface area contributed by atoms with Crippen molar-refractivity contribution in [1.29, 1.82) is 0 Å². The van der Waals surface area contributed by atoms with E-state index in [0.717, 1.165) is 12.1 Å². The Balaban J connectivity index is 1.82. The molecule has 0 aliphatic carbocycles. The van der Waals surface area contributed by atoms with Gasteiger partial charge in [0.05, 0.1) is 10.7 Å². The Bertz CT molecular complexity index is 674. The van der Waals surface area contributed by atoms with Gasteiger partial charge in [0.1, 0.15) is 0 Å². The highest BCUT2D eigenvalue weighted by Gasteiger charge is 2.04. The number of rotatable bonds is 7. The van der Waals surface area contributed by atoms with Crippen LogP contribution in [0.3, 0.4) is 0 Å². The van der Waals surface area contributed by atoms with Crippen LogP contribution in [-0.2, 0) is 6.42 Å². The molecule has 0 bridgehead atoms. The van der Waals surface area contributed by atoms with E-state index in [-0.39, 0.29) is 6.03 Å². The third-order valence-electron chi connectivity index (χ3n) is 3.52. The van der Waals surface area contributed by atoms with Crippen LogP contribution >= 0.6 is 23.2 Å². The molecule has 0 radical (unpaired) electrons. The first-order valence-corrected chi connectivity index (χ1v) is 8.71. The molecule has 0 saturated carbocycles. The summed E-state index contributed by atoms with van der Waals surface area (Å²) < 4.78 is 0. The molecule has 0 saturated heterocycles. The van der Waals surface area contributed by atoms with Crippen LogP contribution in [0.25, 0.3) is 0 Å². The average Bonchev–Trinajstić information content (AvgIpc) is 2.57. The lowest BCUT2D eigenvalue weighted by Gasteiger charge is -2.11. The zero-order valence-electron chi connectivity index (χ0n) is 13.5. The van der Waals surface area contributed by atoms with Crippen LogP contribution in [0.2, 0.25) is 10.0 Å². The Hall–Kier alpha value is -1.91. The van der Waals surface area contributed by atoms with Crippen LogP contribution in [-0.4, -0.2) is 6.03 Å². The van der Waals surface area contributed by atoms with Gasteiger partial charge in [-0.3, -0.25) is 10.9 Å². The van der Waals surface area contributed by atoms with Gasteiger partial charge in [0.25, 0.3) is 0 Å². The van der Waals surface area contributed by atoms with Crippen molar-refractivity contribution in [2.24, 2.45) is 0 Å². The first-order valence-electron chi connectivity index (χ1n) is 7.95. The van der Waals surface area contributed by atoms with E-state index < -0.39 is 0 Å². The molecule has 2 aromatic rings. The van der Waals surface area contributed by atoms with Crippen molar-refractivity contribution in [1.82, 2.24) is 5.43 Å². The molecule has 24 heavy (non-hydrogen) atoms. The van der Waals surface area contributed by atoms with Gasteiger partial charge < -0.3 is 5.32 Å². The van der Waals surface area contributed by atoms with E-state index in [2.05, 4.69) is 23.1 Å². The summed E-state index contributed by atoms with van der Waals surface area (Å²) in [6, 6.07) is 12.4. The molecule has 0 aliphatic heterocycles. The molecular formula is C18H21Cl2N3O. The molecule has 0 spiro atoms. The van der Waals surface area contributed by atoms with Crippen molar-refractivity contribution in [3.63, 3.8) is 0 Å². The Morgan fingerprint density at radius 3 is 2.50 bits per heavy atom. The predicted octanol–water partition coefficient (Wildman–Crippen LogP) is 5.87. The fraction of sp³-hybridized carbons (Fsp3) is 0.278. The number of anilines is 2. The minimum Gasteiger partial charge on any atom is -0.307 e. The fourth-order valence-electron chi connectivity index (χ4n) is 2.21. The van der Waals surface area contributed by atoms with E-state index in [1.54, 1.807) is 18.2 Å². The Morgan fingerprint density at radius 1 is 1.04 bits per heavy atom. The molecule has 0 fully saturated rings. The molecule has 128 valence electrons. The van der Waals surface area contributed by atoms with Crippen molar-refractivity contribution < 1.29 is 4.79 Å². The summed E-state index contributed by atoms with van der Waals surface area (Å²) in [7, 11) is 0. The number of halogens is 2. The molecule has 2 amide bonds. The maximum absolute atomic E-state index is 11.9. The second-order valence-corrected chi connectivity index (χ2v) is 6.33. The SMILES string of the molecule is CCCCCc1ccc(NC(=O)NNc2cc(Cl)ccc2Cl)cc1. The summed E-state index contributed by atoms with van der Waals surface area (Å²) in [4.78, 5) is 11.9. The van der Waals surface area contributed by atoms with Crippen molar-refractivity contribution in [2.75, 3.05) is 10.7 Å². The molecular weight excluding hydrogens is 345 g/mol. The molecule has 3 N–H and O–H groups in total. The maximum Gasteiger partial charge on any atom is 0.337 e. The second-order valence-electron chi connectivity index (χ2n) is 5.48. The fourth-order valence-corrected chi connectivity index (χ4v) is 2.55. The van der Waals surface area contributed by atoms with Gasteiger partial charge in [-0.1, -0.05) is 55.1 Å². The van der Waals surface area contributed by atoms with Crippen molar-refractivity contribution in [3.05, 3.63) is 58.1 Å². The number of hydrogen-bond donors (Lipinski definition) is 3. The molecule has 6 heteroatoms. The van der Waals surface area contributed by atoms with Gasteiger partial charge in [-0.05, 0) is 48.7 Å². The molecule has 0 aliphatic rings. The van der Waals surface area contributed by atoms with E-state index in [4.69, 9.17) is 23.2 Å². The number of benzene rings is 2. The standard InChI is InChI=1S/C18H21Cl2N3O/c1-2-3-4-5-13-6-9-15(10-7-13)21-18(24)23-22-17-12-14(19)8-11-16(17)20/h6-12,22H,2-5H2,1H3,(H2,21,23,24). The number of aryl methyl sites for hydroxylation is 1. The largest absolute Gasteiger partial charge is 0.337 e. The number of amides is 2. The van der Waals surface area contributed by atoms with Crippen molar-refractivity contribution in [2.45, 2.75) is 32.6 Å². The van der Waals surface area contributed by atoms with Crippen LogP contribution in [0.1, 0.15) is 31.7 Å². The van der Waals surface area contributed by atoms with E-state index in [9.17, 15) is 4.79 Å². The first-order chi connectivity index (χ1) is 11.6. The molecule has 4 nitrogen and oxygen atoms in total. The topological polar surface area (TPSA) is 53.2 Å². The summed E-state index contributed by atoms with van der Waals surface area (Å²) in [6.07, 6.45) is 4.70. The highest BCUT2D eigenvalue weighted by atomic mass is 35.5. The zero-order valence-corrected chi connectivity index (χ0v) is 15.0. The van der Waals surface area contributed by atoms with Crippen LogP contribution < -0.4 is 16.2 Å². The molecule has 0 aromatic heterocycles. The molecule has 0 heterocycles. The minimum absolute atomic E-state index is 0.384. The summed E-state index contributed by atoms with van der Waals surface area (Å²) in [5, 5.41) is 3.75. The molecule has 0 unspecified atom stereocenters. The molecule has 2 rings (SSSR count). The smallest absolute Gasteiger partial charge is 0.307 e. The average molecular weight is 366 g/mol. The summed E-state index contributed by atoms with van der Waals surface area (Å²) in [6.45, 7) is 2.19. The Morgan fingerprint density at radius 2 is 1.79 bits per heavy atom. The van der Waals surface area contributed by atoms with Crippen LogP contribution in [0.5, 0.6) is 0 Å². The lowest BCUT2D eigenvalue weighted by atomic mass is 10.1. The van der Waals surface area contributed by atoms with E-state index in [1.165, 1.54) is 24.8 Å². The summed E-state index contributed by atoms with van der Waals surface area (Å²) in [5.41, 5.74) is 7.81. The maximum atomic E-state index is 11.9. The number of urea groups is 1. The summed E-state index contributed by atoms with van der Waals surface area (Å²) in [5.74, 6) is 0. The van der Waals surface area contributed by atoms with Gasteiger partial charge in [-0.2, -0.15) is 0 Å². The lowest BCUT2D eigenvalue weighted by Crippen LogP contribution is -2.33. The zero-order chi connectivity index (χ0) is 17.4. The number of nitrogens with one attached hydrogen (secondary N) is 3. The molecule has 0 atom stereocenters.